The molecule has 1 amide bonds. The van der Waals surface area contributed by atoms with Gasteiger partial charge in [-0.05, 0) is 18.2 Å². The molecule has 10 heteroatoms. The Bertz CT molecular complexity index is 958. The second-order valence-corrected chi connectivity index (χ2v) is 7.30. The summed E-state index contributed by atoms with van der Waals surface area (Å²) in [4.78, 5) is 25.2. The zero-order valence-electron chi connectivity index (χ0n) is 16.0. The summed E-state index contributed by atoms with van der Waals surface area (Å²) in [5.41, 5.74) is 0.839. The number of carbonyl (C=O) groups is 1. The smallest absolute Gasteiger partial charge is 0.233 e. The molecule has 4 rings (SSSR count). The van der Waals surface area contributed by atoms with E-state index in [1.54, 1.807) is 31.9 Å². The third-order valence-corrected chi connectivity index (χ3v) is 5.58. The molecular weight excluding hydrogens is 390 g/mol. The fraction of sp³-hybridized carbons (Fsp3) is 0.316. The molecule has 1 aliphatic rings. The lowest BCUT2D eigenvalue weighted by Gasteiger charge is -2.34. The highest BCUT2D eigenvalue weighted by Crippen LogP contribution is 2.26. The minimum absolute atomic E-state index is 0.0817. The van der Waals surface area contributed by atoms with Gasteiger partial charge in [-0.25, -0.2) is 9.97 Å². The first-order valence-corrected chi connectivity index (χ1v) is 10.2. The molecule has 0 N–H and O–H groups in total. The average molecular weight is 411 g/mol. The van der Waals surface area contributed by atoms with E-state index in [-0.39, 0.29) is 5.91 Å². The van der Waals surface area contributed by atoms with Crippen LogP contribution in [0.1, 0.15) is 0 Å². The summed E-state index contributed by atoms with van der Waals surface area (Å²) in [6, 6.07) is 9.44. The van der Waals surface area contributed by atoms with E-state index in [1.165, 1.54) is 11.8 Å². The maximum atomic E-state index is 12.7. The van der Waals surface area contributed by atoms with Crippen LogP contribution in [0.5, 0.6) is 5.75 Å². The van der Waals surface area contributed by atoms with Crippen LogP contribution in [0.4, 0.5) is 5.95 Å². The quantitative estimate of drug-likeness (QED) is 0.564. The lowest BCUT2D eigenvalue weighted by molar-refractivity contribution is -0.128. The van der Waals surface area contributed by atoms with Gasteiger partial charge in [0.25, 0.3) is 0 Å². The van der Waals surface area contributed by atoms with Crippen LogP contribution in [0.3, 0.4) is 0 Å². The number of aromatic nitrogens is 5. The van der Waals surface area contributed by atoms with Crippen LogP contribution in [0.2, 0.25) is 0 Å². The van der Waals surface area contributed by atoms with Crippen molar-refractivity contribution in [2.45, 2.75) is 5.16 Å². The number of anilines is 1. The number of benzene rings is 1. The van der Waals surface area contributed by atoms with Gasteiger partial charge in [0.05, 0.1) is 18.6 Å². The Morgan fingerprint density at radius 2 is 1.86 bits per heavy atom. The summed E-state index contributed by atoms with van der Waals surface area (Å²) in [7, 11) is 1.62. The number of hydrogen-bond donors (Lipinski definition) is 0. The maximum absolute atomic E-state index is 12.7. The molecule has 9 nitrogen and oxygen atoms in total. The Balaban J connectivity index is 1.35. The molecule has 0 bridgehead atoms. The molecule has 0 unspecified atom stereocenters. The molecule has 3 aromatic rings. The number of amides is 1. The topological polar surface area (TPSA) is 89.3 Å². The molecular formula is C19H21N7O2S. The zero-order chi connectivity index (χ0) is 20.1. The number of rotatable bonds is 6. The van der Waals surface area contributed by atoms with Crippen molar-refractivity contribution in [3.05, 3.63) is 49.1 Å². The first-order valence-electron chi connectivity index (χ1n) is 9.22. The fourth-order valence-electron chi connectivity index (χ4n) is 3.14. The second kappa shape index (κ2) is 8.91. The van der Waals surface area contributed by atoms with Gasteiger partial charge >= 0.3 is 0 Å². The molecule has 0 atom stereocenters. The van der Waals surface area contributed by atoms with Crippen LogP contribution in [-0.4, -0.2) is 74.6 Å². The first kappa shape index (κ1) is 19.2. The van der Waals surface area contributed by atoms with Gasteiger partial charge in [-0.3, -0.25) is 9.36 Å². The lowest BCUT2D eigenvalue weighted by Crippen LogP contribution is -2.49. The van der Waals surface area contributed by atoms with Crippen molar-refractivity contribution < 1.29 is 9.53 Å². The van der Waals surface area contributed by atoms with Crippen molar-refractivity contribution >= 4 is 23.6 Å². The van der Waals surface area contributed by atoms with Crippen molar-refractivity contribution in [1.82, 2.24) is 29.6 Å². The number of piperazine rings is 1. The van der Waals surface area contributed by atoms with Gasteiger partial charge in [0.2, 0.25) is 11.9 Å². The minimum atomic E-state index is 0.0817. The average Bonchev–Trinajstić information content (AvgIpc) is 3.26. The summed E-state index contributed by atoms with van der Waals surface area (Å²) in [5.74, 6) is 1.81. The molecule has 2 aromatic heterocycles. The van der Waals surface area contributed by atoms with Crippen molar-refractivity contribution in [3.8, 4) is 11.4 Å². The van der Waals surface area contributed by atoms with Gasteiger partial charge < -0.3 is 14.5 Å². The van der Waals surface area contributed by atoms with E-state index in [4.69, 9.17) is 4.74 Å². The van der Waals surface area contributed by atoms with Crippen molar-refractivity contribution in [3.63, 3.8) is 0 Å². The van der Waals surface area contributed by atoms with Crippen LogP contribution < -0.4 is 9.64 Å². The van der Waals surface area contributed by atoms with Crippen LogP contribution in [0.15, 0.2) is 54.2 Å². The van der Waals surface area contributed by atoms with Crippen molar-refractivity contribution in [2.24, 2.45) is 0 Å². The van der Waals surface area contributed by atoms with Crippen LogP contribution in [0.25, 0.3) is 5.69 Å². The van der Waals surface area contributed by atoms with Crippen LogP contribution in [-0.2, 0) is 4.79 Å². The molecule has 0 aliphatic carbocycles. The molecule has 150 valence electrons. The Kier molecular flexibility index (Phi) is 5.89. The Hall–Kier alpha value is -3.14. The van der Waals surface area contributed by atoms with Crippen LogP contribution in [0, 0.1) is 0 Å². The second-order valence-electron chi connectivity index (χ2n) is 6.36. The predicted octanol–water partition coefficient (Wildman–Crippen LogP) is 1.51. The first-order chi connectivity index (χ1) is 14.3. The minimum Gasteiger partial charge on any atom is -0.495 e. The van der Waals surface area contributed by atoms with E-state index in [0.29, 0.717) is 29.9 Å². The lowest BCUT2D eigenvalue weighted by atomic mass is 10.3. The number of methoxy groups -OCH3 is 1. The number of para-hydroxylation sites is 2. The van der Waals surface area contributed by atoms with Gasteiger partial charge in [-0.2, -0.15) is 0 Å². The van der Waals surface area contributed by atoms with E-state index in [0.717, 1.165) is 24.5 Å². The molecule has 0 radical (unpaired) electrons. The van der Waals surface area contributed by atoms with E-state index >= 15 is 0 Å². The molecule has 0 saturated carbocycles. The van der Waals surface area contributed by atoms with Gasteiger partial charge in [0, 0.05) is 38.6 Å². The van der Waals surface area contributed by atoms with Gasteiger partial charge in [0.15, 0.2) is 5.16 Å². The third-order valence-electron chi connectivity index (χ3n) is 4.65. The molecule has 1 aliphatic heterocycles. The van der Waals surface area contributed by atoms with E-state index in [1.807, 2.05) is 33.7 Å². The summed E-state index contributed by atoms with van der Waals surface area (Å²) >= 11 is 1.37. The summed E-state index contributed by atoms with van der Waals surface area (Å²) in [6.45, 7) is 2.74. The monoisotopic (exact) mass is 411 g/mol. The Morgan fingerprint density at radius 1 is 1.10 bits per heavy atom. The van der Waals surface area contributed by atoms with E-state index < -0.39 is 0 Å². The normalized spacial score (nSPS) is 14.1. The molecule has 29 heavy (non-hydrogen) atoms. The summed E-state index contributed by atoms with van der Waals surface area (Å²) in [5, 5.41) is 8.81. The Labute approximate surface area is 172 Å². The summed E-state index contributed by atoms with van der Waals surface area (Å²) < 4.78 is 7.25. The third kappa shape index (κ3) is 4.32. The van der Waals surface area contributed by atoms with Crippen molar-refractivity contribution in [1.29, 1.82) is 0 Å². The molecule has 3 heterocycles. The number of thioether (sulfide) groups is 1. The van der Waals surface area contributed by atoms with Gasteiger partial charge in [0.1, 0.15) is 12.1 Å². The van der Waals surface area contributed by atoms with E-state index in [2.05, 4.69) is 25.1 Å². The Morgan fingerprint density at radius 3 is 2.62 bits per heavy atom. The molecule has 0 spiro atoms. The maximum Gasteiger partial charge on any atom is 0.233 e. The molecule has 1 saturated heterocycles. The largest absolute Gasteiger partial charge is 0.495 e. The predicted molar refractivity (Wildman–Crippen MR) is 109 cm³/mol. The zero-order valence-corrected chi connectivity index (χ0v) is 16.8. The molecule has 1 aromatic carbocycles. The number of hydrogen-bond acceptors (Lipinski definition) is 8. The highest BCUT2D eigenvalue weighted by atomic mass is 32.2. The number of nitrogens with zero attached hydrogens (tertiary/aromatic N) is 7. The SMILES string of the molecule is COc1ccccc1-n1cnnc1SCC(=O)N1CCN(c2ncccn2)CC1. The summed E-state index contributed by atoms with van der Waals surface area (Å²) in [6.07, 6.45) is 5.09. The van der Waals surface area contributed by atoms with Gasteiger partial charge in [-0.1, -0.05) is 23.9 Å². The highest BCUT2D eigenvalue weighted by molar-refractivity contribution is 7.99. The van der Waals surface area contributed by atoms with Crippen molar-refractivity contribution in [2.75, 3.05) is 43.9 Å². The standard InChI is InChI=1S/C19H21N7O2S/c1-28-16-6-3-2-5-15(16)26-14-22-23-19(26)29-13-17(27)24-9-11-25(12-10-24)18-20-7-4-8-21-18/h2-8,14H,9-13H2,1H3. The highest BCUT2D eigenvalue weighted by Gasteiger charge is 2.23. The molecule has 1 fully saturated rings. The van der Waals surface area contributed by atoms with E-state index in [9.17, 15) is 4.79 Å². The fourth-order valence-corrected chi connectivity index (χ4v) is 3.97. The number of ether oxygens (including phenoxy) is 1. The van der Waals surface area contributed by atoms with Gasteiger partial charge in [-0.15, -0.1) is 10.2 Å². The number of carbonyl (C=O) groups excluding carboxylic acids is 1. The van der Waals surface area contributed by atoms with Crippen LogP contribution >= 0.6 is 11.8 Å².